The molecular formula is C20H16F3N5O2. The fraction of sp³-hybridized carbons (Fsp3) is 0.250. The van der Waals surface area contributed by atoms with E-state index in [-0.39, 0.29) is 17.0 Å². The summed E-state index contributed by atoms with van der Waals surface area (Å²) in [5, 5.41) is 4.38. The molecule has 0 bridgehead atoms. The summed E-state index contributed by atoms with van der Waals surface area (Å²) in [6.45, 7) is 1.10. The van der Waals surface area contributed by atoms with Crippen molar-refractivity contribution in [1.29, 1.82) is 0 Å². The van der Waals surface area contributed by atoms with E-state index in [0.717, 1.165) is 23.9 Å². The van der Waals surface area contributed by atoms with Crippen molar-refractivity contribution >= 4 is 5.91 Å². The largest absolute Gasteiger partial charge is 0.433 e. The first-order valence-electron chi connectivity index (χ1n) is 9.12. The van der Waals surface area contributed by atoms with Crippen molar-refractivity contribution in [3.05, 3.63) is 76.6 Å². The number of carbonyl (C=O) groups is 1. The Kier molecular flexibility index (Phi) is 5.06. The third-order valence-electron chi connectivity index (χ3n) is 4.82. The van der Waals surface area contributed by atoms with Gasteiger partial charge in [-0.2, -0.15) is 18.3 Å². The van der Waals surface area contributed by atoms with Crippen LogP contribution in [0.1, 0.15) is 16.1 Å². The van der Waals surface area contributed by atoms with Crippen LogP contribution in [0.3, 0.4) is 0 Å². The molecule has 1 saturated heterocycles. The standard InChI is InChI=1S/C20H16F3N5O2/c21-20(22,23)17-3-1-15(9-25-17)19(30)27-10-13(11-27)12-28-18(29)4-2-16(26-28)14-5-7-24-8-6-14/h1-9,13H,10-12H2. The third-order valence-corrected chi connectivity index (χ3v) is 4.82. The lowest BCUT2D eigenvalue weighted by Gasteiger charge is -2.39. The van der Waals surface area contributed by atoms with E-state index in [0.29, 0.717) is 25.3 Å². The molecule has 0 atom stereocenters. The minimum atomic E-state index is -4.55. The van der Waals surface area contributed by atoms with Gasteiger partial charge in [-0.05, 0) is 30.3 Å². The Bertz CT molecular complexity index is 1110. The topological polar surface area (TPSA) is 81.0 Å². The van der Waals surface area contributed by atoms with E-state index in [1.54, 1.807) is 30.6 Å². The van der Waals surface area contributed by atoms with Crippen molar-refractivity contribution in [2.45, 2.75) is 12.7 Å². The quantitative estimate of drug-likeness (QED) is 0.654. The highest BCUT2D eigenvalue weighted by Crippen LogP contribution is 2.28. The van der Waals surface area contributed by atoms with Gasteiger partial charge in [0.15, 0.2) is 0 Å². The second kappa shape index (κ2) is 7.69. The Morgan fingerprint density at radius 3 is 2.43 bits per heavy atom. The van der Waals surface area contributed by atoms with E-state index in [9.17, 15) is 22.8 Å². The zero-order valence-electron chi connectivity index (χ0n) is 15.6. The molecule has 10 heteroatoms. The van der Waals surface area contributed by atoms with Crippen molar-refractivity contribution in [1.82, 2.24) is 24.6 Å². The van der Waals surface area contributed by atoms with Gasteiger partial charge in [-0.15, -0.1) is 0 Å². The van der Waals surface area contributed by atoms with Gasteiger partial charge in [-0.1, -0.05) is 0 Å². The normalized spacial score (nSPS) is 14.4. The second-order valence-corrected chi connectivity index (χ2v) is 6.98. The van der Waals surface area contributed by atoms with E-state index in [2.05, 4.69) is 15.1 Å². The van der Waals surface area contributed by atoms with Gasteiger partial charge in [0, 0.05) is 49.2 Å². The molecule has 1 aliphatic rings. The number of amides is 1. The Morgan fingerprint density at radius 2 is 1.80 bits per heavy atom. The lowest BCUT2D eigenvalue weighted by atomic mass is 9.99. The Balaban J connectivity index is 1.39. The lowest BCUT2D eigenvalue weighted by Crippen LogP contribution is -2.52. The monoisotopic (exact) mass is 415 g/mol. The van der Waals surface area contributed by atoms with E-state index in [1.807, 2.05) is 0 Å². The molecule has 4 rings (SSSR count). The summed E-state index contributed by atoms with van der Waals surface area (Å²) in [5.41, 5.74) is 0.278. The summed E-state index contributed by atoms with van der Waals surface area (Å²) in [6, 6.07) is 8.58. The average molecular weight is 415 g/mol. The molecule has 3 aromatic heterocycles. The number of likely N-dealkylation sites (tertiary alicyclic amines) is 1. The van der Waals surface area contributed by atoms with Crippen molar-refractivity contribution in [3.63, 3.8) is 0 Å². The summed E-state index contributed by atoms with van der Waals surface area (Å²) >= 11 is 0. The molecule has 0 N–H and O–H groups in total. The summed E-state index contributed by atoms with van der Waals surface area (Å²) in [4.78, 5) is 33.3. The molecule has 0 saturated carbocycles. The molecule has 30 heavy (non-hydrogen) atoms. The number of rotatable bonds is 4. The fourth-order valence-electron chi connectivity index (χ4n) is 3.22. The van der Waals surface area contributed by atoms with Gasteiger partial charge in [-0.3, -0.25) is 19.6 Å². The van der Waals surface area contributed by atoms with Crippen LogP contribution in [0.2, 0.25) is 0 Å². The molecule has 7 nitrogen and oxygen atoms in total. The lowest BCUT2D eigenvalue weighted by molar-refractivity contribution is -0.141. The first-order chi connectivity index (χ1) is 14.3. The maximum absolute atomic E-state index is 12.6. The van der Waals surface area contributed by atoms with E-state index in [1.165, 1.54) is 15.6 Å². The molecular weight excluding hydrogens is 399 g/mol. The second-order valence-electron chi connectivity index (χ2n) is 6.98. The first-order valence-corrected chi connectivity index (χ1v) is 9.12. The van der Waals surface area contributed by atoms with Crippen LogP contribution in [0, 0.1) is 5.92 Å². The number of halogens is 3. The van der Waals surface area contributed by atoms with Gasteiger partial charge in [-0.25, -0.2) is 4.68 Å². The molecule has 0 unspecified atom stereocenters. The number of aromatic nitrogens is 4. The molecule has 0 radical (unpaired) electrons. The molecule has 3 aromatic rings. The van der Waals surface area contributed by atoms with Crippen molar-refractivity contribution < 1.29 is 18.0 Å². The van der Waals surface area contributed by atoms with E-state index >= 15 is 0 Å². The summed E-state index contributed by atoms with van der Waals surface area (Å²) in [5.74, 6) is -0.368. The zero-order chi connectivity index (χ0) is 21.3. The van der Waals surface area contributed by atoms with Crippen LogP contribution in [-0.4, -0.2) is 43.6 Å². The van der Waals surface area contributed by atoms with E-state index < -0.39 is 17.8 Å². The average Bonchev–Trinajstić information content (AvgIpc) is 2.71. The highest BCUT2D eigenvalue weighted by molar-refractivity contribution is 5.94. The van der Waals surface area contributed by atoms with Gasteiger partial charge in [0.2, 0.25) is 0 Å². The molecule has 0 spiro atoms. The highest BCUT2D eigenvalue weighted by atomic mass is 19.4. The van der Waals surface area contributed by atoms with Crippen LogP contribution in [0.5, 0.6) is 0 Å². The minimum Gasteiger partial charge on any atom is -0.338 e. The Hall–Kier alpha value is -3.56. The predicted molar refractivity (Wildman–Crippen MR) is 100 cm³/mol. The van der Waals surface area contributed by atoms with Crippen LogP contribution in [0.15, 0.2) is 59.8 Å². The Morgan fingerprint density at radius 1 is 1.07 bits per heavy atom. The minimum absolute atomic E-state index is 0.0225. The SMILES string of the molecule is O=C(c1ccc(C(F)(F)F)nc1)N1CC(Cn2nc(-c3ccncc3)ccc2=O)C1. The van der Waals surface area contributed by atoms with Gasteiger partial charge in [0.05, 0.1) is 17.8 Å². The number of alkyl halides is 3. The third kappa shape index (κ3) is 4.07. The first kappa shape index (κ1) is 19.7. The van der Waals surface area contributed by atoms with Crippen LogP contribution in [-0.2, 0) is 12.7 Å². The summed E-state index contributed by atoms with van der Waals surface area (Å²) in [7, 11) is 0. The molecule has 0 aliphatic carbocycles. The van der Waals surface area contributed by atoms with Gasteiger partial charge in [0.25, 0.3) is 11.5 Å². The van der Waals surface area contributed by atoms with Crippen LogP contribution in [0.4, 0.5) is 13.2 Å². The zero-order valence-corrected chi connectivity index (χ0v) is 15.6. The molecule has 1 fully saturated rings. The number of nitrogens with zero attached hydrogens (tertiary/aromatic N) is 5. The maximum Gasteiger partial charge on any atom is 0.433 e. The number of hydrogen-bond donors (Lipinski definition) is 0. The molecule has 1 aliphatic heterocycles. The number of carbonyl (C=O) groups excluding carboxylic acids is 1. The molecule has 154 valence electrons. The van der Waals surface area contributed by atoms with Gasteiger partial charge >= 0.3 is 6.18 Å². The maximum atomic E-state index is 12.6. The van der Waals surface area contributed by atoms with E-state index in [4.69, 9.17) is 0 Å². The predicted octanol–water partition coefficient (Wildman–Crippen LogP) is 2.49. The van der Waals surface area contributed by atoms with Crippen molar-refractivity contribution in [2.24, 2.45) is 5.92 Å². The fourth-order valence-corrected chi connectivity index (χ4v) is 3.22. The van der Waals surface area contributed by atoms with Crippen molar-refractivity contribution in [3.8, 4) is 11.3 Å². The molecule has 0 aromatic carbocycles. The summed E-state index contributed by atoms with van der Waals surface area (Å²) < 4.78 is 39.1. The highest BCUT2D eigenvalue weighted by Gasteiger charge is 2.34. The van der Waals surface area contributed by atoms with Crippen LogP contribution < -0.4 is 5.56 Å². The number of hydrogen-bond acceptors (Lipinski definition) is 5. The smallest absolute Gasteiger partial charge is 0.338 e. The van der Waals surface area contributed by atoms with Crippen LogP contribution in [0.25, 0.3) is 11.3 Å². The van der Waals surface area contributed by atoms with Gasteiger partial charge in [0.1, 0.15) is 5.69 Å². The molecule has 4 heterocycles. The molecule has 1 amide bonds. The number of pyridine rings is 2. The van der Waals surface area contributed by atoms with Crippen molar-refractivity contribution in [2.75, 3.05) is 13.1 Å². The van der Waals surface area contributed by atoms with Gasteiger partial charge < -0.3 is 4.90 Å². The Labute approximate surface area is 168 Å². The van der Waals surface area contributed by atoms with Crippen LogP contribution >= 0.6 is 0 Å². The summed E-state index contributed by atoms with van der Waals surface area (Å²) in [6.07, 6.45) is -0.340.